The van der Waals surface area contributed by atoms with Gasteiger partial charge in [-0.2, -0.15) is 0 Å². The monoisotopic (exact) mass is 301 g/mol. The number of nitrogens with one attached hydrogen (secondary N) is 1. The van der Waals surface area contributed by atoms with Gasteiger partial charge in [-0.15, -0.1) is 0 Å². The Hall–Kier alpha value is -1.51. The molecule has 1 saturated carbocycles. The van der Waals surface area contributed by atoms with Gasteiger partial charge >= 0.3 is 0 Å². The molecule has 21 heavy (non-hydrogen) atoms. The highest BCUT2D eigenvalue weighted by molar-refractivity contribution is 6.32. The minimum absolute atomic E-state index is 0.637. The van der Waals surface area contributed by atoms with E-state index in [2.05, 4.69) is 24.4 Å². The van der Waals surface area contributed by atoms with E-state index in [9.17, 15) is 0 Å². The minimum Gasteiger partial charge on any atom is -0.456 e. The molecule has 0 heterocycles. The fraction of sp³-hybridized carbons (Fsp3) is 0.333. The Morgan fingerprint density at radius 2 is 1.95 bits per heavy atom. The maximum atomic E-state index is 6.17. The number of benzene rings is 2. The fourth-order valence-electron chi connectivity index (χ4n) is 2.29. The molecule has 0 bridgehead atoms. The predicted octanol–water partition coefficient (Wildman–Crippen LogP) is 5.00. The van der Waals surface area contributed by atoms with Gasteiger partial charge in [-0.1, -0.05) is 23.7 Å². The van der Waals surface area contributed by atoms with Crippen molar-refractivity contribution >= 4 is 11.6 Å². The molecule has 0 spiro atoms. The normalized spacial score (nSPS) is 14.2. The predicted molar refractivity (Wildman–Crippen MR) is 87.3 cm³/mol. The van der Waals surface area contributed by atoms with Crippen LogP contribution in [0.4, 0.5) is 0 Å². The van der Waals surface area contributed by atoms with E-state index in [4.69, 9.17) is 16.3 Å². The number of hydrogen-bond donors (Lipinski definition) is 1. The zero-order valence-electron chi connectivity index (χ0n) is 12.4. The highest BCUT2D eigenvalue weighted by atomic mass is 35.5. The molecule has 0 atom stereocenters. The highest BCUT2D eigenvalue weighted by Crippen LogP contribution is 2.31. The van der Waals surface area contributed by atoms with E-state index in [1.807, 2.05) is 31.2 Å². The maximum absolute atomic E-state index is 6.17. The molecule has 0 radical (unpaired) electrons. The van der Waals surface area contributed by atoms with Crippen LogP contribution in [0.1, 0.15) is 29.5 Å². The lowest BCUT2D eigenvalue weighted by molar-refractivity contribution is 0.481. The summed E-state index contributed by atoms with van der Waals surface area (Å²) in [6.45, 7) is 5.08. The van der Waals surface area contributed by atoms with Gasteiger partial charge in [0.2, 0.25) is 0 Å². The summed E-state index contributed by atoms with van der Waals surface area (Å²) >= 11 is 6.17. The molecule has 1 aliphatic carbocycles. The molecule has 0 unspecified atom stereocenters. The molecule has 2 aromatic carbocycles. The molecule has 1 N–H and O–H groups in total. The summed E-state index contributed by atoms with van der Waals surface area (Å²) in [5, 5.41) is 4.17. The van der Waals surface area contributed by atoms with Crippen molar-refractivity contribution in [3.8, 4) is 11.5 Å². The third-order valence-corrected chi connectivity index (χ3v) is 4.10. The Balaban J connectivity index is 1.73. The summed E-state index contributed by atoms with van der Waals surface area (Å²) in [6, 6.07) is 12.7. The average molecular weight is 302 g/mol. The van der Waals surface area contributed by atoms with Crippen molar-refractivity contribution in [3.05, 3.63) is 58.1 Å². The quantitative estimate of drug-likeness (QED) is 0.839. The summed E-state index contributed by atoms with van der Waals surface area (Å²) in [4.78, 5) is 0. The summed E-state index contributed by atoms with van der Waals surface area (Å²) in [5.41, 5.74) is 3.70. The summed E-state index contributed by atoms with van der Waals surface area (Å²) in [5.74, 6) is 1.54. The molecule has 0 amide bonds. The van der Waals surface area contributed by atoms with E-state index in [1.165, 1.54) is 24.0 Å². The lowest BCUT2D eigenvalue weighted by Crippen LogP contribution is -2.15. The van der Waals surface area contributed by atoms with Gasteiger partial charge in [-0.25, -0.2) is 0 Å². The second-order valence-electron chi connectivity index (χ2n) is 5.78. The highest BCUT2D eigenvalue weighted by Gasteiger charge is 2.20. The molecule has 0 aromatic heterocycles. The molecule has 1 aliphatic rings. The zero-order valence-corrected chi connectivity index (χ0v) is 13.2. The molecule has 3 heteroatoms. The van der Waals surface area contributed by atoms with Crippen LogP contribution in [0.3, 0.4) is 0 Å². The van der Waals surface area contributed by atoms with Gasteiger partial charge < -0.3 is 10.1 Å². The summed E-state index contributed by atoms with van der Waals surface area (Å²) in [7, 11) is 0. The van der Waals surface area contributed by atoms with Gasteiger partial charge in [-0.05, 0) is 67.6 Å². The first kappa shape index (κ1) is 14.4. The first-order chi connectivity index (χ1) is 10.1. The Morgan fingerprint density at radius 3 is 2.67 bits per heavy atom. The molecule has 0 aliphatic heterocycles. The van der Waals surface area contributed by atoms with Crippen molar-refractivity contribution in [2.45, 2.75) is 39.3 Å². The smallest absolute Gasteiger partial charge is 0.146 e. The van der Waals surface area contributed by atoms with Crippen molar-refractivity contribution in [1.82, 2.24) is 5.32 Å². The molecule has 3 rings (SSSR count). The van der Waals surface area contributed by atoms with Gasteiger partial charge in [0, 0.05) is 12.6 Å². The van der Waals surface area contributed by atoms with Gasteiger partial charge in [-0.3, -0.25) is 0 Å². The molecule has 0 saturated heterocycles. The van der Waals surface area contributed by atoms with Gasteiger partial charge in [0.25, 0.3) is 0 Å². The van der Waals surface area contributed by atoms with Crippen molar-refractivity contribution < 1.29 is 4.74 Å². The molecular weight excluding hydrogens is 282 g/mol. The molecular formula is C18H20ClNO. The number of halogens is 1. The Bertz CT molecular complexity index is 650. The van der Waals surface area contributed by atoms with Crippen LogP contribution in [0, 0.1) is 13.8 Å². The molecule has 2 nitrogen and oxygen atoms in total. The SMILES string of the molecule is Cc1ccc(Cl)c(Oc2ccc(CNC3CC3)c(C)c2)c1. The lowest BCUT2D eigenvalue weighted by Gasteiger charge is -2.12. The van der Waals surface area contributed by atoms with E-state index in [0.29, 0.717) is 10.8 Å². The van der Waals surface area contributed by atoms with Crippen molar-refractivity contribution in [2.75, 3.05) is 0 Å². The largest absolute Gasteiger partial charge is 0.456 e. The standard InChI is InChI=1S/C18H20ClNO/c1-12-3-8-17(19)18(9-12)21-16-7-4-14(13(2)10-16)11-20-15-5-6-15/h3-4,7-10,15,20H,5-6,11H2,1-2H3. The Morgan fingerprint density at radius 1 is 1.14 bits per heavy atom. The third kappa shape index (κ3) is 3.78. The van der Waals surface area contributed by atoms with E-state index in [0.717, 1.165) is 23.9 Å². The Labute approximate surface area is 131 Å². The second-order valence-corrected chi connectivity index (χ2v) is 6.19. The van der Waals surface area contributed by atoms with Crippen LogP contribution < -0.4 is 10.1 Å². The van der Waals surface area contributed by atoms with E-state index < -0.39 is 0 Å². The minimum atomic E-state index is 0.637. The molecule has 2 aromatic rings. The van der Waals surface area contributed by atoms with Crippen molar-refractivity contribution in [2.24, 2.45) is 0 Å². The third-order valence-electron chi connectivity index (χ3n) is 3.79. The Kier molecular flexibility index (Phi) is 4.18. The second kappa shape index (κ2) is 6.08. The first-order valence-corrected chi connectivity index (χ1v) is 7.76. The van der Waals surface area contributed by atoms with E-state index >= 15 is 0 Å². The first-order valence-electron chi connectivity index (χ1n) is 7.39. The lowest BCUT2D eigenvalue weighted by atomic mass is 10.1. The zero-order chi connectivity index (χ0) is 14.8. The van der Waals surface area contributed by atoms with Gasteiger partial charge in [0.15, 0.2) is 0 Å². The van der Waals surface area contributed by atoms with Crippen LogP contribution in [0.15, 0.2) is 36.4 Å². The van der Waals surface area contributed by atoms with Crippen molar-refractivity contribution in [3.63, 3.8) is 0 Å². The summed E-state index contributed by atoms with van der Waals surface area (Å²) in [6.07, 6.45) is 2.62. The van der Waals surface area contributed by atoms with Crippen LogP contribution in [-0.4, -0.2) is 6.04 Å². The van der Waals surface area contributed by atoms with E-state index in [-0.39, 0.29) is 0 Å². The fourth-order valence-corrected chi connectivity index (χ4v) is 2.44. The van der Waals surface area contributed by atoms with Crippen LogP contribution in [-0.2, 0) is 6.54 Å². The molecule has 1 fully saturated rings. The number of rotatable bonds is 5. The molecule has 110 valence electrons. The maximum Gasteiger partial charge on any atom is 0.146 e. The van der Waals surface area contributed by atoms with Crippen LogP contribution in [0.2, 0.25) is 5.02 Å². The van der Waals surface area contributed by atoms with E-state index in [1.54, 1.807) is 0 Å². The number of ether oxygens (including phenoxy) is 1. The van der Waals surface area contributed by atoms with Gasteiger partial charge in [0.1, 0.15) is 11.5 Å². The van der Waals surface area contributed by atoms with Crippen LogP contribution >= 0.6 is 11.6 Å². The van der Waals surface area contributed by atoms with Crippen LogP contribution in [0.25, 0.3) is 0 Å². The number of hydrogen-bond acceptors (Lipinski definition) is 2. The number of aryl methyl sites for hydroxylation is 2. The van der Waals surface area contributed by atoms with Gasteiger partial charge in [0.05, 0.1) is 5.02 Å². The van der Waals surface area contributed by atoms with Crippen molar-refractivity contribution in [1.29, 1.82) is 0 Å². The van der Waals surface area contributed by atoms with Crippen LogP contribution in [0.5, 0.6) is 11.5 Å². The summed E-state index contributed by atoms with van der Waals surface area (Å²) < 4.78 is 5.91. The average Bonchev–Trinajstić information content (AvgIpc) is 3.26. The topological polar surface area (TPSA) is 21.3 Å².